The highest BCUT2D eigenvalue weighted by atomic mass is 35.5. The summed E-state index contributed by atoms with van der Waals surface area (Å²) in [7, 11) is 0. The van der Waals surface area contributed by atoms with Crippen molar-refractivity contribution in [2.24, 2.45) is 5.73 Å². The number of halogens is 2. The quantitative estimate of drug-likeness (QED) is 0.879. The second-order valence-electron chi connectivity index (χ2n) is 4.36. The van der Waals surface area contributed by atoms with Crippen LogP contribution in [-0.4, -0.2) is 0 Å². The van der Waals surface area contributed by atoms with Gasteiger partial charge in [0.25, 0.3) is 0 Å². The van der Waals surface area contributed by atoms with Gasteiger partial charge in [-0.3, -0.25) is 0 Å². The van der Waals surface area contributed by atoms with Gasteiger partial charge in [0.1, 0.15) is 5.82 Å². The van der Waals surface area contributed by atoms with E-state index in [1.165, 1.54) is 6.07 Å². The molecule has 2 N–H and O–H groups in total. The van der Waals surface area contributed by atoms with E-state index < -0.39 is 6.04 Å². The van der Waals surface area contributed by atoms with Gasteiger partial charge >= 0.3 is 0 Å². The van der Waals surface area contributed by atoms with Crippen LogP contribution in [0.4, 0.5) is 4.39 Å². The van der Waals surface area contributed by atoms with E-state index in [1.807, 2.05) is 37.3 Å². The second-order valence-corrected chi connectivity index (χ2v) is 4.77. The number of hydrogen-bond acceptors (Lipinski definition) is 1. The third-order valence-electron chi connectivity index (χ3n) is 3.20. The normalized spacial score (nSPS) is 14.2. The van der Waals surface area contributed by atoms with Crippen molar-refractivity contribution in [3.8, 4) is 0 Å². The van der Waals surface area contributed by atoms with Gasteiger partial charge in [-0.1, -0.05) is 54.9 Å². The van der Waals surface area contributed by atoms with Crippen LogP contribution in [0.5, 0.6) is 0 Å². The van der Waals surface area contributed by atoms with E-state index in [9.17, 15) is 4.39 Å². The fourth-order valence-electron chi connectivity index (χ4n) is 2.04. The first-order valence-electron chi connectivity index (χ1n) is 5.85. The Bertz CT molecular complexity index is 507. The highest BCUT2D eigenvalue weighted by Crippen LogP contribution is 2.33. The minimum Gasteiger partial charge on any atom is -0.323 e. The van der Waals surface area contributed by atoms with Crippen molar-refractivity contribution in [2.75, 3.05) is 0 Å². The van der Waals surface area contributed by atoms with E-state index in [-0.39, 0.29) is 11.7 Å². The van der Waals surface area contributed by atoms with Crippen LogP contribution in [0.2, 0.25) is 5.02 Å². The molecule has 0 fully saturated rings. The van der Waals surface area contributed by atoms with Gasteiger partial charge in [0, 0.05) is 22.5 Å². The molecule has 0 amide bonds. The zero-order valence-corrected chi connectivity index (χ0v) is 10.9. The van der Waals surface area contributed by atoms with Crippen LogP contribution < -0.4 is 5.73 Å². The maximum absolute atomic E-state index is 13.8. The molecule has 2 unspecified atom stereocenters. The van der Waals surface area contributed by atoms with Crippen molar-refractivity contribution >= 4 is 11.6 Å². The van der Waals surface area contributed by atoms with Crippen molar-refractivity contribution < 1.29 is 4.39 Å². The van der Waals surface area contributed by atoms with Crippen LogP contribution in [0.1, 0.15) is 30.0 Å². The molecule has 0 aromatic heterocycles. The van der Waals surface area contributed by atoms with E-state index in [1.54, 1.807) is 12.1 Å². The third-order valence-corrected chi connectivity index (χ3v) is 3.53. The Morgan fingerprint density at radius 3 is 2.33 bits per heavy atom. The Hall–Kier alpha value is -1.38. The van der Waals surface area contributed by atoms with Crippen molar-refractivity contribution in [3.63, 3.8) is 0 Å². The van der Waals surface area contributed by atoms with Crippen molar-refractivity contribution in [1.29, 1.82) is 0 Å². The van der Waals surface area contributed by atoms with Crippen LogP contribution in [-0.2, 0) is 0 Å². The first kappa shape index (κ1) is 13.1. The molecule has 0 heterocycles. The van der Waals surface area contributed by atoms with Gasteiger partial charge in [-0.2, -0.15) is 0 Å². The van der Waals surface area contributed by atoms with Crippen molar-refractivity contribution in [2.45, 2.75) is 18.9 Å². The smallest absolute Gasteiger partial charge is 0.129 e. The van der Waals surface area contributed by atoms with Crippen LogP contribution in [0.3, 0.4) is 0 Å². The Morgan fingerprint density at radius 2 is 1.72 bits per heavy atom. The highest BCUT2D eigenvalue weighted by molar-refractivity contribution is 6.31. The topological polar surface area (TPSA) is 26.0 Å². The van der Waals surface area contributed by atoms with Gasteiger partial charge < -0.3 is 5.73 Å². The predicted octanol–water partition coefficient (Wildman–Crippen LogP) is 4.28. The maximum atomic E-state index is 13.8. The van der Waals surface area contributed by atoms with Gasteiger partial charge in [0.05, 0.1) is 0 Å². The summed E-state index contributed by atoms with van der Waals surface area (Å²) in [6.45, 7) is 1.97. The van der Waals surface area contributed by atoms with E-state index in [0.717, 1.165) is 5.56 Å². The molecule has 94 valence electrons. The van der Waals surface area contributed by atoms with E-state index in [2.05, 4.69) is 0 Å². The molecule has 2 aromatic carbocycles. The zero-order chi connectivity index (χ0) is 13.1. The van der Waals surface area contributed by atoms with Gasteiger partial charge in [0.15, 0.2) is 0 Å². The summed E-state index contributed by atoms with van der Waals surface area (Å²) in [5, 5.41) is 0.380. The summed E-state index contributed by atoms with van der Waals surface area (Å²) in [4.78, 5) is 0. The Labute approximate surface area is 111 Å². The maximum Gasteiger partial charge on any atom is 0.129 e. The fourth-order valence-corrected chi connectivity index (χ4v) is 2.33. The lowest BCUT2D eigenvalue weighted by Crippen LogP contribution is -2.19. The molecule has 2 rings (SSSR count). The minimum atomic E-state index is -0.457. The molecule has 2 aromatic rings. The lowest BCUT2D eigenvalue weighted by atomic mass is 9.89. The van der Waals surface area contributed by atoms with Crippen LogP contribution in [0.15, 0.2) is 48.5 Å². The molecular weight excluding hydrogens is 249 g/mol. The summed E-state index contributed by atoms with van der Waals surface area (Å²) >= 11 is 6.04. The standard InChI is InChI=1S/C15H15ClFN/c1-10(11-6-3-2-4-7-11)15(18)14-12(16)8-5-9-13(14)17/h2-10,15H,18H2,1H3. The fraction of sp³-hybridized carbons (Fsp3) is 0.200. The van der Waals surface area contributed by atoms with Crippen LogP contribution in [0.25, 0.3) is 0 Å². The largest absolute Gasteiger partial charge is 0.323 e. The molecule has 3 heteroatoms. The van der Waals surface area contributed by atoms with E-state index in [4.69, 9.17) is 17.3 Å². The minimum absolute atomic E-state index is 0.000556. The number of rotatable bonds is 3. The highest BCUT2D eigenvalue weighted by Gasteiger charge is 2.22. The second kappa shape index (κ2) is 5.51. The summed E-state index contributed by atoms with van der Waals surface area (Å²) in [5.41, 5.74) is 7.61. The molecular formula is C15H15ClFN. The summed E-state index contributed by atoms with van der Waals surface area (Å²) in [5.74, 6) is -0.349. The molecule has 1 nitrogen and oxygen atoms in total. The molecule has 0 bridgehead atoms. The van der Waals surface area contributed by atoms with Crippen molar-refractivity contribution in [3.05, 3.63) is 70.5 Å². The molecule has 0 saturated heterocycles. The SMILES string of the molecule is CC(c1ccccc1)C(N)c1c(F)cccc1Cl. The molecule has 18 heavy (non-hydrogen) atoms. The van der Waals surface area contributed by atoms with E-state index in [0.29, 0.717) is 10.6 Å². The molecule has 0 aliphatic rings. The van der Waals surface area contributed by atoms with Crippen LogP contribution in [0, 0.1) is 5.82 Å². The van der Waals surface area contributed by atoms with Gasteiger partial charge in [-0.15, -0.1) is 0 Å². The van der Waals surface area contributed by atoms with Crippen molar-refractivity contribution in [1.82, 2.24) is 0 Å². The molecule has 0 aliphatic heterocycles. The number of hydrogen-bond donors (Lipinski definition) is 1. The first-order valence-corrected chi connectivity index (χ1v) is 6.23. The average Bonchev–Trinajstić information content (AvgIpc) is 2.38. The number of nitrogens with two attached hydrogens (primary N) is 1. The molecule has 0 radical (unpaired) electrons. The Kier molecular flexibility index (Phi) is 4.00. The lowest BCUT2D eigenvalue weighted by molar-refractivity contribution is 0.540. The monoisotopic (exact) mass is 263 g/mol. The summed E-state index contributed by atoms with van der Waals surface area (Å²) in [6.07, 6.45) is 0. The summed E-state index contributed by atoms with van der Waals surface area (Å²) < 4.78 is 13.8. The molecule has 0 aliphatic carbocycles. The Morgan fingerprint density at radius 1 is 1.06 bits per heavy atom. The lowest BCUT2D eigenvalue weighted by Gasteiger charge is -2.22. The molecule has 0 spiro atoms. The predicted molar refractivity (Wildman–Crippen MR) is 73.2 cm³/mol. The van der Waals surface area contributed by atoms with Crippen LogP contribution >= 0.6 is 11.6 Å². The molecule has 0 saturated carbocycles. The summed E-state index contributed by atoms with van der Waals surface area (Å²) in [6, 6.07) is 14.0. The number of benzene rings is 2. The first-order chi connectivity index (χ1) is 8.61. The third kappa shape index (κ3) is 2.55. The van der Waals surface area contributed by atoms with Gasteiger partial charge in [-0.25, -0.2) is 4.39 Å². The van der Waals surface area contributed by atoms with E-state index >= 15 is 0 Å². The zero-order valence-electron chi connectivity index (χ0n) is 10.1. The Balaban J connectivity index is 2.34. The van der Waals surface area contributed by atoms with Gasteiger partial charge in [-0.05, 0) is 17.7 Å². The average molecular weight is 264 g/mol. The van der Waals surface area contributed by atoms with Gasteiger partial charge in [0.2, 0.25) is 0 Å². The molecule has 2 atom stereocenters.